The Bertz CT molecular complexity index is 353. The van der Waals surface area contributed by atoms with Crippen LogP contribution in [0.1, 0.15) is 39.8 Å². The molecule has 0 aliphatic carbocycles. The van der Waals surface area contributed by atoms with Crippen molar-refractivity contribution in [1.29, 1.82) is 0 Å². The Morgan fingerprint density at radius 2 is 2.13 bits per heavy atom. The fourth-order valence-electron chi connectivity index (χ4n) is 1.17. The lowest BCUT2D eigenvalue weighted by atomic mass is 9.91. The molecule has 0 unspecified atom stereocenters. The van der Waals surface area contributed by atoms with Gasteiger partial charge in [-0.25, -0.2) is 0 Å². The summed E-state index contributed by atoms with van der Waals surface area (Å²) in [6, 6.07) is 3.73. The number of amides is 1. The maximum atomic E-state index is 11.2. The van der Waals surface area contributed by atoms with E-state index >= 15 is 0 Å². The molecule has 15 heavy (non-hydrogen) atoms. The van der Waals surface area contributed by atoms with E-state index in [2.05, 4.69) is 31.1 Å². The van der Waals surface area contributed by atoms with E-state index < -0.39 is 0 Å². The minimum atomic E-state index is 0.00690. The first-order valence-corrected chi connectivity index (χ1v) is 5.20. The third kappa shape index (κ3) is 3.35. The van der Waals surface area contributed by atoms with Gasteiger partial charge in [0, 0.05) is 29.4 Å². The Morgan fingerprint density at radius 1 is 1.47 bits per heavy atom. The van der Waals surface area contributed by atoms with E-state index in [9.17, 15) is 4.79 Å². The van der Waals surface area contributed by atoms with Gasteiger partial charge in [0.15, 0.2) is 0 Å². The Labute approximate surface area is 90.9 Å². The maximum Gasteiger partial charge on any atom is 0.224 e. The number of hydrogen-bond acceptors (Lipinski definition) is 2. The molecule has 0 fully saturated rings. The van der Waals surface area contributed by atoms with Gasteiger partial charge in [0.1, 0.15) is 0 Å². The van der Waals surface area contributed by atoms with Gasteiger partial charge in [-0.15, -0.1) is 0 Å². The SMILES string of the molecule is CCC(=O)Nc1ccnc(C(C)(C)C)c1. The maximum absolute atomic E-state index is 11.2. The molecular weight excluding hydrogens is 188 g/mol. The lowest BCUT2D eigenvalue weighted by Gasteiger charge is -2.18. The summed E-state index contributed by atoms with van der Waals surface area (Å²) in [5.41, 5.74) is 1.81. The molecule has 1 aromatic rings. The Balaban J connectivity index is 2.88. The lowest BCUT2D eigenvalue weighted by molar-refractivity contribution is -0.115. The molecule has 0 bridgehead atoms. The first-order chi connectivity index (χ1) is 6.93. The number of nitrogens with one attached hydrogen (secondary N) is 1. The number of aromatic nitrogens is 1. The molecule has 0 aromatic carbocycles. The highest BCUT2D eigenvalue weighted by Gasteiger charge is 2.15. The van der Waals surface area contributed by atoms with Crippen LogP contribution in [0.25, 0.3) is 0 Å². The molecule has 0 saturated carbocycles. The predicted octanol–water partition coefficient (Wildman–Crippen LogP) is 2.73. The lowest BCUT2D eigenvalue weighted by Crippen LogP contribution is -2.15. The van der Waals surface area contributed by atoms with Crippen molar-refractivity contribution in [3.8, 4) is 0 Å². The third-order valence-corrected chi connectivity index (χ3v) is 2.13. The van der Waals surface area contributed by atoms with Crippen LogP contribution in [0, 0.1) is 0 Å². The molecule has 0 radical (unpaired) electrons. The molecule has 0 atom stereocenters. The largest absolute Gasteiger partial charge is 0.326 e. The summed E-state index contributed by atoms with van der Waals surface area (Å²) < 4.78 is 0. The van der Waals surface area contributed by atoms with Crippen molar-refractivity contribution in [2.45, 2.75) is 39.5 Å². The van der Waals surface area contributed by atoms with Gasteiger partial charge in [-0.3, -0.25) is 9.78 Å². The Hall–Kier alpha value is -1.38. The van der Waals surface area contributed by atoms with E-state index in [0.29, 0.717) is 6.42 Å². The van der Waals surface area contributed by atoms with Crippen LogP contribution in [0.15, 0.2) is 18.3 Å². The molecule has 0 aliphatic rings. The number of rotatable bonds is 2. The number of carbonyl (C=O) groups excluding carboxylic acids is 1. The number of carbonyl (C=O) groups is 1. The van der Waals surface area contributed by atoms with Crippen LogP contribution < -0.4 is 5.32 Å². The summed E-state index contributed by atoms with van der Waals surface area (Å²) in [7, 11) is 0. The first-order valence-electron chi connectivity index (χ1n) is 5.20. The topological polar surface area (TPSA) is 42.0 Å². The fourth-order valence-corrected chi connectivity index (χ4v) is 1.17. The molecule has 1 aromatic heterocycles. The quantitative estimate of drug-likeness (QED) is 0.808. The number of nitrogens with zero attached hydrogens (tertiary/aromatic N) is 1. The van der Waals surface area contributed by atoms with Crippen LogP contribution in [-0.2, 0) is 10.2 Å². The summed E-state index contributed by atoms with van der Waals surface area (Å²) in [4.78, 5) is 15.5. The van der Waals surface area contributed by atoms with E-state index in [1.54, 1.807) is 6.20 Å². The van der Waals surface area contributed by atoms with Gasteiger partial charge in [0.25, 0.3) is 0 Å². The summed E-state index contributed by atoms with van der Waals surface area (Å²) >= 11 is 0. The van der Waals surface area contributed by atoms with Gasteiger partial charge in [0.2, 0.25) is 5.91 Å². The average Bonchev–Trinajstić information content (AvgIpc) is 2.17. The van der Waals surface area contributed by atoms with E-state index in [1.165, 1.54) is 0 Å². The summed E-state index contributed by atoms with van der Waals surface area (Å²) in [6.45, 7) is 8.13. The highest BCUT2D eigenvalue weighted by Crippen LogP contribution is 2.22. The molecule has 0 saturated heterocycles. The van der Waals surface area contributed by atoms with Crippen molar-refractivity contribution in [1.82, 2.24) is 4.98 Å². The van der Waals surface area contributed by atoms with E-state index in [-0.39, 0.29) is 11.3 Å². The van der Waals surface area contributed by atoms with Crippen molar-refractivity contribution < 1.29 is 4.79 Å². The molecule has 0 aliphatic heterocycles. The second-order valence-corrected chi connectivity index (χ2v) is 4.58. The van der Waals surface area contributed by atoms with Crippen molar-refractivity contribution in [3.05, 3.63) is 24.0 Å². The molecule has 1 amide bonds. The number of hydrogen-bond donors (Lipinski definition) is 1. The zero-order valence-corrected chi connectivity index (χ0v) is 9.79. The third-order valence-electron chi connectivity index (χ3n) is 2.13. The van der Waals surface area contributed by atoms with Crippen molar-refractivity contribution >= 4 is 11.6 Å². The summed E-state index contributed by atoms with van der Waals surface area (Å²) in [5, 5.41) is 2.83. The van der Waals surface area contributed by atoms with Crippen LogP contribution in [0.5, 0.6) is 0 Å². The summed E-state index contributed by atoms with van der Waals surface area (Å²) in [5.74, 6) is 0.0288. The average molecular weight is 206 g/mol. The second kappa shape index (κ2) is 4.43. The van der Waals surface area contributed by atoms with Crippen LogP contribution in [-0.4, -0.2) is 10.9 Å². The minimum absolute atomic E-state index is 0.00690. The standard InChI is InChI=1S/C12H18N2O/c1-5-11(15)14-9-6-7-13-10(8-9)12(2,3)4/h6-8H,5H2,1-4H3,(H,13,14,15). The van der Waals surface area contributed by atoms with Gasteiger partial charge in [-0.05, 0) is 12.1 Å². The smallest absolute Gasteiger partial charge is 0.224 e. The highest BCUT2D eigenvalue weighted by molar-refractivity contribution is 5.90. The molecular formula is C12H18N2O. The van der Waals surface area contributed by atoms with Crippen molar-refractivity contribution in [2.75, 3.05) is 5.32 Å². The van der Waals surface area contributed by atoms with Gasteiger partial charge in [-0.2, -0.15) is 0 Å². The summed E-state index contributed by atoms with van der Waals surface area (Å²) in [6.07, 6.45) is 2.22. The van der Waals surface area contributed by atoms with Crippen molar-refractivity contribution in [2.24, 2.45) is 0 Å². The highest BCUT2D eigenvalue weighted by atomic mass is 16.1. The van der Waals surface area contributed by atoms with E-state index in [1.807, 2.05) is 19.1 Å². The molecule has 1 heterocycles. The van der Waals surface area contributed by atoms with Gasteiger partial charge >= 0.3 is 0 Å². The number of pyridine rings is 1. The zero-order chi connectivity index (χ0) is 11.5. The molecule has 0 spiro atoms. The first kappa shape index (κ1) is 11.7. The molecule has 1 N–H and O–H groups in total. The molecule has 3 heteroatoms. The van der Waals surface area contributed by atoms with E-state index in [4.69, 9.17) is 0 Å². The van der Waals surface area contributed by atoms with Crippen LogP contribution in [0.4, 0.5) is 5.69 Å². The van der Waals surface area contributed by atoms with Gasteiger partial charge in [0.05, 0.1) is 0 Å². The monoisotopic (exact) mass is 206 g/mol. The fraction of sp³-hybridized carbons (Fsp3) is 0.500. The Morgan fingerprint density at radius 3 is 2.67 bits per heavy atom. The minimum Gasteiger partial charge on any atom is -0.326 e. The van der Waals surface area contributed by atoms with Crippen molar-refractivity contribution in [3.63, 3.8) is 0 Å². The van der Waals surface area contributed by atoms with Crippen LogP contribution >= 0.6 is 0 Å². The zero-order valence-electron chi connectivity index (χ0n) is 9.79. The molecule has 1 rings (SSSR count). The number of anilines is 1. The Kier molecular flexibility index (Phi) is 3.45. The van der Waals surface area contributed by atoms with Crippen LogP contribution in [0.2, 0.25) is 0 Å². The predicted molar refractivity (Wildman–Crippen MR) is 61.9 cm³/mol. The second-order valence-electron chi connectivity index (χ2n) is 4.58. The van der Waals surface area contributed by atoms with Crippen LogP contribution in [0.3, 0.4) is 0 Å². The van der Waals surface area contributed by atoms with E-state index in [0.717, 1.165) is 11.4 Å². The normalized spacial score (nSPS) is 11.2. The molecule has 82 valence electrons. The van der Waals surface area contributed by atoms with Gasteiger partial charge < -0.3 is 5.32 Å². The molecule has 3 nitrogen and oxygen atoms in total. The van der Waals surface area contributed by atoms with Gasteiger partial charge in [-0.1, -0.05) is 27.7 Å².